The fourth-order valence-electron chi connectivity index (χ4n) is 4.46. The van der Waals surface area contributed by atoms with Crippen LogP contribution in [-0.2, 0) is 32.5 Å². The maximum absolute atomic E-state index is 14.0. The topological polar surface area (TPSA) is 132 Å². The second-order valence-electron chi connectivity index (χ2n) is 9.84. The van der Waals surface area contributed by atoms with Crippen molar-refractivity contribution in [3.63, 3.8) is 0 Å². The van der Waals surface area contributed by atoms with Crippen LogP contribution in [0, 0.1) is 0 Å². The summed E-state index contributed by atoms with van der Waals surface area (Å²) in [5.41, 5.74) is 1.71. The molecule has 0 radical (unpaired) electrons. The van der Waals surface area contributed by atoms with E-state index in [0.717, 1.165) is 18.5 Å². The molecule has 0 aliphatic carbocycles. The second kappa shape index (κ2) is 14.7. The van der Waals surface area contributed by atoms with Gasteiger partial charge in [0.1, 0.15) is 11.4 Å². The summed E-state index contributed by atoms with van der Waals surface area (Å²) in [5.74, 6) is -1.16. The zero-order valence-corrected chi connectivity index (χ0v) is 26.2. The molecule has 0 bridgehead atoms. The molecule has 3 N–H and O–H groups in total. The number of anilines is 4. The predicted molar refractivity (Wildman–Crippen MR) is 166 cm³/mol. The number of carbonyl (C=O) groups excluding carboxylic acids is 1. The maximum Gasteiger partial charge on any atom is 0.421 e. The first kappa shape index (κ1) is 33.6. The van der Waals surface area contributed by atoms with Gasteiger partial charge in [-0.1, -0.05) is 25.1 Å². The molecule has 0 spiro atoms. The van der Waals surface area contributed by atoms with Gasteiger partial charge in [0, 0.05) is 37.2 Å². The van der Waals surface area contributed by atoms with E-state index in [1.807, 2.05) is 13.1 Å². The van der Waals surface area contributed by atoms with Gasteiger partial charge in [0.05, 0.1) is 36.8 Å². The minimum absolute atomic E-state index is 0.0628. The number of alkyl halides is 3. The molecule has 0 saturated heterocycles. The number of hydrogen-bond acceptors (Lipinski definition) is 9. The molecule has 0 atom stereocenters. The molecule has 11 nitrogen and oxygen atoms in total. The molecule has 0 saturated carbocycles. The first-order valence-electron chi connectivity index (χ1n) is 14.3. The Morgan fingerprint density at radius 2 is 1.69 bits per heavy atom. The Balaban J connectivity index is 1.62. The van der Waals surface area contributed by atoms with Gasteiger partial charge in [-0.25, -0.2) is 4.98 Å². The van der Waals surface area contributed by atoms with Crippen molar-refractivity contribution >= 4 is 36.6 Å². The van der Waals surface area contributed by atoms with Crippen molar-refractivity contribution in [2.45, 2.75) is 46.1 Å². The molecule has 4 aromatic rings. The standard InChI is InChI=1S/C30H35F3N7O4P/c1-5-14-40-18-22(16-36-40)21-10-13-26(24(15-21)28(41)34-4)38-27-25(30(31,32)33)17-35-29(39-27)37-23-11-8-20(9-12-23)19-45(42,43-6-2)44-7-3/h8-13,15-18H,5-7,14,19H2,1-4H3,(H,34,41)(H2,35,37,38,39). The van der Waals surface area contributed by atoms with Gasteiger partial charge >= 0.3 is 13.8 Å². The van der Waals surface area contributed by atoms with Crippen LogP contribution in [0.15, 0.2) is 61.1 Å². The number of benzene rings is 2. The van der Waals surface area contributed by atoms with Gasteiger partial charge < -0.3 is 25.0 Å². The lowest BCUT2D eigenvalue weighted by atomic mass is 10.0. The Hall–Kier alpha value is -4.26. The summed E-state index contributed by atoms with van der Waals surface area (Å²) in [6, 6.07) is 11.5. The number of hydrogen-bond donors (Lipinski definition) is 3. The molecule has 4 rings (SSSR count). The van der Waals surface area contributed by atoms with Crippen molar-refractivity contribution in [3.8, 4) is 11.1 Å². The largest absolute Gasteiger partial charge is 0.421 e. The van der Waals surface area contributed by atoms with Crippen LogP contribution in [0.5, 0.6) is 0 Å². The fraction of sp³-hybridized carbons (Fsp3) is 0.333. The average molecular weight is 646 g/mol. The third-order valence-corrected chi connectivity index (χ3v) is 8.55. The summed E-state index contributed by atoms with van der Waals surface area (Å²) in [7, 11) is -1.88. The summed E-state index contributed by atoms with van der Waals surface area (Å²) in [6.45, 7) is 6.67. The molecule has 0 fully saturated rings. The number of nitrogens with zero attached hydrogens (tertiary/aromatic N) is 4. The molecule has 240 valence electrons. The van der Waals surface area contributed by atoms with Gasteiger partial charge in [-0.3, -0.25) is 14.0 Å². The van der Waals surface area contributed by atoms with E-state index in [2.05, 4.69) is 31.0 Å². The average Bonchev–Trinajstić information content (AvgIpc) is 3.46. The molecule has 0 aliphatic heterocycles. The maximum atomic E-state index is 14.0. The molecular weight excluding hydrogens is 610 g/mol. The van der Waals surface area contributed by atoms with Crippen LogP contribution in [0.1, 0.15) is 48.7 Å². The van der Waals surface area contributed by atoms with Gasteiger partial charge in [-0.05, 0) is 55.7 Å². The highest BCUT2D eigenvalue weighted by molar-refractivity contribution is 7.53. The quantitative estimate of drug-likeness (QED) is 0.120. The number of amides is 1. The van der Waals surface area contributed by atoms with E-state index in [1.54, 1.807) is 61.1 Å². The first-order valence-corrected chi connectivity index (χ1v) is 16.1. The van der Waals surface area contributed by atoms with E-state index in [9.17, 15) is 22.5 Å². The van der Waals surface area contributed by atoms with Crippen LogP contribution in [-0.4, -0.2) is 45.9 Å². The van der Waals surface area contributed by atoms with Crippen LogP contribution in [0.2, 0.25) is 0 Å². The zero-order valence-electron chi connectivity index (χ0n) is 25.3. The third-order valence-electron chi connectivity index (χ3n) is 6.50. The molecule has 45 heavy (non-hydrogen) atoms. The van der Waals surface area contributed by atoms with Crippen LogP contribution in [0.3, 0.4) is 0 Å². The smallest absolute Gasteiger partial charge is 0.355 e. The highest BCUT2D eigenvalue weighted by Gasteiger charge is 2.36. The number of halogens is 3. The van der Waals surface area contributed by atoms with Crippen molar-refractivity contribution in [3.05, 3.63) is 77.7 Å². The van der Waals surface area contributed by atoms with E-state index >= 15 is 0 Å². The summed E-state index contributed by atoms with van der Waals surface area (Å²) in [6.07, 6.45) is 0.350. The summed E-state index contributed by atoms with van der Waals surface area (Å²) < 4.78 is 67.3. The Kier molecular flexibility index (Phi) is 11.0. The lowest BCUT2D eigenvalue weighted by molar-refractivity contribution is -0.137. The lowest BCUT2D eigenvalue weighted by Gasteiger charge is -2.18. The van der Waals surface area contributed by atoms with E-state index in [1.165, 1.54) is 13.1 Å². The van der Waals surface area contributed by atoms with Gasteiger partial charge in [0.2, 0.25) is 5.95 Å². The molecular formula is C30H35F3N7O4P. The summed E-state index contributed by atoms with van der Waals surface area (Å²) >= 11 is 0. The van der Waals surface area contributed by atoms with Crippen molar-refractivity contribution in [2.75, 3.05) is 30.9 Å². The fourth-order valence-corrected chi connectivity index (χ4v) is 6.16. The zero-order chi connectivity index (χ0) is 32.6. The highest BCUT2D eigenvalue weighted by Crippen LogP contribution is 2.51. The van der Waals surface area contributed by atoms with Gasteiger partial charge in [-0.2, -0.15) is 23.3 Å². The molecule has 0 unspecified atom stereocenters. The van der Waals surface area contributed by atoms with Gasteiger partial charge in [-0.15, -0.1) is 0 Å². The number of aryl methyl sites for hydroxylation is 1. The van der Waals surface area contributed by atoms with Crippen LogP contribution in [0.25, 0.3) is 11.1 Å². The van der Waals surface area contributed by atoms with E-state index in [4.69, 9.17) is 9.05 Å². The summed E-state index contributed by atoms with van der Waals surface area (Å²) in [4.78, 5) is 20.8. The van der Waals surface area contributed by atoms with Crippen LogP contribution in [0.4, 0.5) is 36.3 Å². The summed E-state index contributed by atoms with van der Waals surface area (Å²) in [5, 5.41) is 12.4. The van der Waals surface area contributed by atoms with Crippen LogP contribution >= 0.6 is 7.60 Å². The number of rotatable bonds is 14. The van der Waals surface area contributed by atoms with Gasteiger partial charge in [0.25, 0.3) is 5.91 Å². The van der Waals surface area contributed by atoms with Gasteiger partial charge in [0.15, 0.2) is 0 Å². The Morgan fingerprint density at radius 3 is 2.31 bits per heavy atom. The SMILES string of the molecule is CCCn1cc(-c2ccc(Nc3nc(Nc4ccc(CP(=O)(OCC)OCC)cc4)ncc3C(F)(F)F)c(C(=O)NC)c2)cn1. The minimum Gasteiger partial charge on any atom is -0.355 e. The third kappa shape index (κ3) is 8.68. The molecule has 2 aromatic heterocycles. The van der Waals surface area contributed by atoms with Crippen molar-refractivity contribution in [1.29, 1.82) is 0 Å². The highest BCUT2D eigenvalue weighted by atomic mass is 31.2. The Labute approximate surface area is 259 Å². The molecule has 0 aliphatic rings. The second-order valence-corrected chi connectivity index (χ2v) is 11.9. The number of carbonyl (C=O) groups is 1. The Bertz CT molecular complexity index is 1650. The molecule has 15 heteroatoms. The van der Waals surface area contributed by atoms with Crippen molar-refractivity contribution in [1.82, 2.24) is 25.1 Å². The normalized spacial score (nSPS) is 11.8. The van der Waals surface area contributed by atoms with E-state index in [-0.39, 0.29) is 36.6 Å². The molecule has 2 aromatic carbocycles. The molecule has 2 heterocycles. The van der Waals surface area contributed by atoms with E-state index in [0.29, 0.717) is 23.0 Å². The monoisotopic (exact) mass is 645 g/mol. The minimum atomic E-state index is -4.78. The van der Waals surface area contributed by atoms with E-state index < -0.39 is 31.1 Å². The lowest BCUT2D eigenvalue weighted by Crippen LogP contribution is -2.20. The number of nitrogens with one attached hydrogen (secondary N) is 3. The Morgan fingerprint density at radius 1 is 0.978 bits per heavy atom. The predicted octanol–water partition coefficient (Wildman–Crippen LogP) is 7.38. The van der Waals surface area contributed by atoms with Crippen molar-refractivity contribution in [2.24, 2.45) is 0 Å². The number of aromatic nitrogens is 4. The first-order chi connectivity index (χ1) is 21.5. The molecule has 1 amide bonds. The van der Waals surface area contributed by atoms with Crippen LogP contribution < -0.4 is 16.0 Å². The van der Waals surface area contributed by atoms with Crippen molar-refractivity contribution < 1.29 is 31.6 Å².